The monoisotopic (exact) mass is 667 g/mol. The number of pyridine rings is 1. The maximum absolute atomic E-state index is 14.8. The number of ether oxygens (including phenoxy) is 1. The van der Waals surface area contributed by atoms with E-state index in [0.717, 1.165) is 23.8 Å². The molecule has 0 spiro atoms. The molecule has 0 bridgehead atoms. The lowest BCUT2D eigenvalue weighted by atomic mass is 9.79. The highest BCUT2D eigenvalue weighted by Crippen LogP contribution is 2.39. The van der Waals surface area contributed by atoms with E-state index in [1.165, 1.54) is 31.5 Å². The van der Waals surface area contributed by atoms with Crippen LogP contribution in [0.25, 0.3) is 0 Å². The van der Waals surface area contributed by atoms with Crippen LogP contribution in [0.3, 0.4) is 0 Å². The number of anilines is 1. The summed E-state index contributed by atoms with van der Waals surface area (Å²) in [5, 5.41) is 5.26. The fourth-order valence-electron chi connectivity index (χ4n) is 4.33. The van der Waals surface area contributed by atoms with E-state index in [0.29, 0.717) is 21.8 Å². The minimum absolute atomic E-state index is 0.104. The number of urea groups is 1. The summed E-state index contributed by atoms with van der Waals surface area (Å²) in [7, 11) is 1.43. The second kappa shape index (κ2) is 12.2. The number of rotatable bonds is 8. The van der Waals surface area contributed by atoms with Gasteiger partial charge in [0.2, 0.25) is 0 Å². The molecule has 4 aromatic rings. The Balaban J connectivity index is 1.95. The first-order valence-corrected chi connectivity index (χ1v) is 13.4. The zero-order valence-electron chi connectivity index (χ0n) is 21.0. The molecule has 0 fully saturated rings. The number of hydrogen-bond donors (Lipinski definition) is 2. The number of carbonyl (C=O) groups excluding carboxylic acids is 1. The Kier molecular flexibility index (Phi) is 8.92. The Bertz CT molecular complexity index is 1500. The lowest BCUT2D eigenvalue weighted by Gasteiger charge is -2.36. The van der Waals surface area contributed by atoms with Gasteiger partial charge in [-0.1, -0.05) is 52.9 Å². The van der Waals surface area contributed by atoms with Gasteiger partial charge in [0.15, 0.2) is 0 Å². The SMILES string of the molecule is COc1ccccc1C[C@](NC(=O)Nc1cccc(F)c1)(c1cc(F)cc(C(F)(F)F)c1)c1ccc(CI)cn1. The molecule has 1 heterocycles. The molecule has 4 rings (SSSR count). The molecular formula is C29H23F5IN3O2. The largest absolute Gasteiger partial charge is 0.496 e. The highest BCUT2D eigenvalue weighted by Gasteiger charge is 2.41. The van der Waals surface area contributed by atoms with E-state index in [2.05, 4.69) is 38.2 Å². The van der Waals surface area contributed by atoms with Crippen LogP contribution in [0.15, 0.2) is 85.1 Å². The van der Waals surface area contributed by atoms with E-state index in [1.807, 2.05) is 0 Å². The number of para-hydroxylation sites is 1. The van der Waals surface area contributed by atoms with Gasteiger partial charge in [-0.25, -0.2) is 13.6 Å². The number of aromatic nitrogens is 1. The lowest BCUT2D eigenvalue weighted by Crippen LogP contribution is -2.51. The van der Waals surface area contributed by atoms with Crippen molar-refractivity contribution in [3.05, 3.63) is 125 Å². The number of methoxy groups -OCH3 is 1. The summed E-state index contributed by atoms with van der Waals surface area (Å²) in [6.07, 6.45) is -3.49. The number of amides is 2. The predicted octanol–water partition coefficient (Wildman–Crippen LogP) is 7.63. The van der Waals surface area contributed by atoms with Gasteiger partial charge in [-0.2, -0.15) is 13.2 Å². The predicted molar refractivity (Wildman–Crippen MR) is 149 cm³/mol. The molecule has 2 amide bonds. The molecule has 208 valence electrons. The van der Waals surface area contributed by atoms with Crippen LogP contribution >= 0.6 is 22.6 Å². The number of carbonyl (C=O) groups is 1. The fourth-order valence-corrected chi connectivity index (χ4v) is 4.78. The summed E-state index contributed by atoms with van der Waals surface area (Å²) >= 11 is 2.14. The fraction of sp³-hybridized carbons (Fsp3) is 0.172. The van der Waals surface area contributed by atoms with Gasteiger partial charge in [0.25, 0.3) is 0 Å². The minimum Gasteiger partial charge on any atom is -0.496 e. The maximum atomic E-state index is 14.8. The average Bonchev–Trinajstić information content (AvgIpc) is 2.92. The Hall–Kier alpha value is -3.74. The van der Waals surface area contributed by atoms with E-state index >= 15 is 0 Å². The molecule has 0 radical (unpaired) electrons. The first-order valence-electron chi connectivity index (χ1n) is 11.9. The van der Waals surface area contributed by atoms with E-state index in [9.17, 15) is 26.7 Å². The van der Waals surface area contributed by atoms with Gasteiger partial charge in [0.05, 0.1) is 18.4 Å². The molecule has 5 nitrogen and oxygen atoms in total. The van der Waals surface area contributed by atoms with Crippen molar-refractivity contribution in [3.63, 3.8) is 0 Å². The molecule has 0 aliphatic carbocycles. The van der Waals surface area contributed by atoms with Gasteiger partial charge in [-0.3, -0.25) is 4.98 Å². The zero-order valence-corrected chi connectivity index (χ0v) is 23.2. The Morgan fingerprint density at radius 3 is 2.33 bits per heavy atom. The average molecular weight is 667 g/mol. The minimum atomic E-state index is -4.87. The van der Waals surface area contributed by atoms with Crippen LogP contribution in [-0.2, 0) is 22.6 Å². The summed E-state index contributed by atoms with van der Waals surface area (Å²) in [4.78, 5) is 17.9. The van der Waals surface area contributed by atoms with Crippen molar-refractivity contribution in [1.29, 1.82) is 0 Å². The zero-order chi connectivity index (χ0) is 28.9. The van der Waals surface area contributed by atoms with Crippen LogP contribution in [0.4, 0.5) is 32.4 Å². The Morgan fingerprint density at radius 1 is 0.925 bits per heavy atom. The topological polar surface area (TPSA) is 63.2 Å². The molecule has 40 heavy (non-hydrogen) atoms. The van der Waals surface area contributed by atoms with Crippen LogP contribution in [0, 0.1) is 11.6 Å². The number of nitrogens with one attached hydrogen (secondary N) is 2. The van der Waals surface area contributed by atoms with Gasteiger partial charge in [0, 0.05) is 22.7 Å². The normalized spacial score (nSPS) is 12.9. The van der Waals surface area contributed by atoms with E-state index in [-0.39, 0.29) is 23.4 Å². The van der Waals surface area contributed by atoms with Crippen LogP contribution in [-0.4, -0.2) is 18.1 Å². The summed E-state index contributed by atoms with van der Waals surface area (Å²) in [6.45, 7) is 0. The number of nitrogens with zero attached hydrogens (tertiary/aromatic N) is 1. The molecular weight excluding hydrogens is 644 g/mol. The summed E-state index contributed by atoms with van der Waals surface area (Å²) < 4.78 is 76.2. The summed E-state index contributed by atoms with van der Waals surface area (Å²) in [6, 6.07) is 16.4. The van der Waals surface area contributed by atoms with Gasteiger partial charge in [-0.15, -0.1) is 0 Å². The van der Waals surface area contributed by atoms with Crippen LogP contribution in [0.1, 0.15) is 27.9 Å². The lowest BCUT2D eigenvalue weighted by molar-refractivity contribution is -0.137. The van der Waals surface area contributed by atoms with Crippen molar-refractivity contribution in [2.24, 2.45) is 0 Å². The number of hydrogen-bond acceptors (Lipinski definition) is 3. The molecule has 0 saturated carbocycles. The van der Waals surface area contributed by atoms with Crippen LogP contribution in [0.2, 0.25) is 0 Å². The summed E-state index contributed by atoms with van der Waals surface area (Å²) in [5.41, 5.74) is -1.66. The van der Waals surface area contributed by atoms with Crippen molar-refractivity contribution in [2.75, 3.05) is 12.4 Å². The highest BCUT2D eigenvalue weighted by molar-refractivity contribution is 14.1. The maximum Gasteiger partial charge on any atom is 0.416 e. The van der Waals surface area contributed by atoms with Crippen LogP contribution < -0.4 is 15.4 Å². The molecule has 11 heteroatoms. The molecule has 0 aliphatic rings. The van der Waals surface area contributed by atoms with Gasteiger partial charge in [0.1, 0.15) is 22.9 Å². The first kappa shape index (κ1) is 29.2. The third-order valence-electron chi connectivity index (χ3n) is 6.19. The Morgan fingerprint density at radius 2 is 1.68 bits per heavy atom. The molecule has 0 saturated heterocycles. The summed E-state index contributed by atoms with van der Waals surface area (Å²) in [5.74, 6) is -1.35. The van der Waals surface area contributed by atoms with E-state index in [4.69, 9.17) is 4.74 Å². The standard InChI is InChI=1S/C29H23F5IN3O2/c1-40-25-8-3-2-5-19(25)15-28(26-10-9-18(16-35)17-36-26,20-11-21(29(32,33)34)13-23(31)12-20)38-27(39)37-24-7-4-6-22(30)14-24/h2-14,17H,15-16H2,1H3,(H2,37,38,39)/t28-/m0/s1. The van der Waals surface area contributed by atoms with Gasteiger partial charge >= 0.3 is 12.2 Å². The Labute approximate surface area is 240 Å². The molecule has 1 aromatic heterocycles. The molecule has 0 aliphatic heterocycles. The molecule has 1 atom stereocenters. The van der Waals surface area contributed by atoms with Gasteiger partial charge < -0.3 is 15.4 Å². The van der Waals surface area contributed by atoms with Crippen molar-refractivity contribution < 1.29 is 31.5 Å². The second-order valence-electron chi connectivity index (χ2n) is 8.90. The van der Waals surface area contributed by atoms with Crippen LogP contribution in [0.5, 0.6) is 5.75 Å². The van der Waals surface area contributed by atoms with E-state index < -0.39 is 34.9 Å². The van der Waals surface area contributed by atoms with Crippen molar-refractivity contribution in [1.82, 2.24) is 10.3 Å². The number of alkyl halides is 4. The smallest absolute Gasteiger partial charge is 0.416 e. The molecule has 3 aromatic carbocycles. The number of benzene rings is 3. The third kappa shape index (κ3) is 6.69. The first-order chi connectivity index (χ1) is 19.0. The third-order valence-corrected chi connectivity index (χ3v) is 7.07. The van der Waals surface area contributed by atoms with Crippen molar-refractivity contribution in [2.45, 2.75) is 22.6 Å². The number of halogens is 6. The quantitative estimate of drug-likeness (QED) is 0.116. The van der Waals surface area contributed by atoms with E-state index in [1.54, 1.807) is 36.4 Å². The molecule has 2 N–H and O–H groups in total. The highest BCUT2D eigenvalue weighted by atomic mass is 127. The second-order valence-corrected chi connectivity index (χ2v) is 9.66. The van der Waals surface area contributed by atoms with Gasteiger partial charge in [-0.05, 0) is 65.2 Å². The van der Waals surface area contributed by atoms with Crippen molar-refractivity contribution >= 4 is 34.3 Å². The molecule has 0 unspecified atom stereocenters. The van der Waals surface area contributed by atoms with Crippen molar-refractivity contribution in [3.8, 4) is 5.75 Å².